The van der Waals surface area contributed by atoms with Gasteiger partial charge in [0.2, 0.25) is 10.0 Å². The highest BCUT2D eigenvalue weighted by molar-refractivity contribution is 7.89. The van der Waals surface area contributed by atoms with Crippen LogP contribution in [0.5, 0.6) is 0 Å². The van der Waals surface area contributed by atoms with Crippen molar-refractivity contribution in [1.82, 2.24) is 4.31 Å². The number of benzene rings is 1. The highest BCUT2D eigenvalue weighted by atomic mass is 35.5. The fourth-order valence-electron chi connectivity index (χ4n) is 2.53. The Morgan fingerprint density at radius 2 is 1.95 bits per heavy atom. The van der Waals surface area contributed by atoms with E-state index in [1.807, 2.05) is 0 Å². The van der Waals surface area contributed by atoms with Gasteiger partial charge in [0.25, 0.3) is 0 Å². The van der Waals surface area contributed by atoms with Crippen LogP contribution in [0, 0.1) is 5.92 Å². The first-order valence-electron chi connectivity index (χ1n) is 6.61. The first kappa shape index (κ1) is 15.9. The Balaban J connectivity index is 2.40. The van der Waals surface area contributed by atoms with Crippen LogP contribution in [0.2, 0.25) is 10.0 Å². The fourth-order valence-corrected chi connectivity index (χ4v) is 5.27. The SMILES string of the molecule is CCC1CCCN(S(=O)(=O)c2c(Cl)cc(N)cc2Cl)C1. The van der Waals surface area contributed by atoms with Crippen LogP contribution in [-0.4, -0.2) is 25.8 Å². The molecular formula is C13H18Cl2N2O2S. The molecule has 1 heterocycles. The van der Waals surface area contributed by atoms with Crippen LogP contribution in [0.1, 0.15) is 26.2 Å². The van der Waals surface area contributed by atoms with Gasteiger partial charge >= 0.3 is 0 Å². The molecule has 2 N–H and O–H groups in total. The van der Waals surface area contributed by atoms with E-state index in [0.29, 0.717) is 24.7 Å². The van der Waals surface area contributed by atoms with Crippen LogP contribution in [-0.2, 0) is 10.0 Å². The molecule has 1 aromatic rings. The quantitative estimate of drug-likeness (QED) is 0.860. The number of nitrogen functional groups attached to an aromatic ring is 1. The summed E-state index contributed by atoms with van der Waals surface area (Å²) in [7, 11) is -3.67. The van der Waals surface area contributed by atoms with Gasteiger partial charge in [0.1, 0.15) is 4.90 Å². The van der Waals surface area contributed by atoms with Crippen molar-refractivity contribution in [3.05, 3.63) is 22.2 Å². The Morgan fingerprint density at radius 3 is 2.50 bits per heavy atom. The lowest BCUT2D eigenvalue weighted by molar-refractivity contribution is 0.261. The van der Waals surface area contributed by atoms with Crippen molar-refractivity contribution in [1.29, 1.82) is 0 Å². The maximum absolute atomic E-state index is 12.7. The second-order valence-corrected chi connectivity index (χ2v) is 7.78. The molecule has 1 unspecified atom stereocenters. The van der Waals surface area contributed by atoms with E-state index in [0.717, 1.165) is 19.3 Å². The first-order chi connectivity index (χ1) is 9.36. The summed E-state index contributed by atoms with van der Waals surface area (Å²) in [5.74, 6) is 0.393. The number of hydrogen-bond acceptors (Lipinski definition) is 3. The van der Waals surface area contributed by atoms with Gasteiger partial charge in [-0.15, -0.1) is 0 Å². The zero-order valence-electron chi connectivity index (χ0n) is 11.3. The molecule has 1 aliphatic rings. The fraction of sp³-hybridized carbons (Fsp3) is 0.538. The summed E-state index contributed by atoms with van der Waals surface area (Å²) in [6.07, 6.45) is 2.89. The molecule has 1 aliphatic heterocycles. The van der Waals surface area contributed by atoms with Gasteiger partial charge in [0.15, 0.2) is 0 Å². The Bertz CT molecular complexity index is 581. The number of hydrogen-bond donors (Lipinski definition) is 1. The summed E-state index contributed by atoms with van der Waals surface area (Å²) in [6.45, 7) is 3.11. The average Bonchev–Trinajstić information content (AvgIpc) is 2.37. The van der Waals surface area contributed by atoms with Crippen LogP contribution in [0.25, 0.3) is 0 Å². The summed E-state index contributed by atoms with van der Waals surface area (Å²) in [6, 6.07) is 2.84. The summed E-state index contributed by atoms with van der Waals surface area (Å²) in [5, 5.41) is 0.155. The topological polar surface area (TPSA) is 63.4 Å². The number of piperidine rings is 1. The molecule has 20 heavy (non-hydrogen) atoms. The number of sulfonamides is 1. The van der Waals surface area contributed by atoms with Crippen LogP contribution in [0.3, 0.4) is 0 Å². The lowest BCUT2D eigenvalue weighted by atomic mass is 9.97. The summed E-state index contributed by atoms with van der Waals surface area (Å²) in [4.78, 5) is -0.0354. The van der Waals surface area contributed by atoms with Crippen molar-refractivity contribution in [2.75, 3.05) is 18.8 Å². The highest BCUT2D eigenvalue weighted by Gasteiger charge is 2.32. The third-order valence-corrected chi connectivity index (χ3v) is 6.47. The predicted octanol–water partition coefficient (Wildman–Crippen LogP) is 3.39. The number of nitrogens with two attached hydrogens (primary N) is 1. The molecule has 0 aliphatic carbocycles. The zero-order chi connectivity index (χ0) is 14.9. The molecule has 0 bridgehead atoms. The Kier molecular flexibility index (Phi) is 4.84. The van der Waals surface area contributed by atoms with E-state index in [2.05, 4.69) is 6.92 Å². The molecule has 0 aromatic heterocycles. The van der Waals surface area contributed by atoms with E-state index in [1.165, 1.54) is 16.4 Å². The van der Waals surface area contributed by atoms with Gasteiger partial charge in [-0.1, -0.05) is 36.5 Å². The molecule has 0 saturated carbocycles. The predicted molar refractivity (Wildman–Crippen MR) is 82.6 cm³/mol. The monoisotopic (exact) mass is 336 g/mol. The number of rotatable bonds is 3. The van der Waals surface area contributed by atoms with E-state index in [-0.39, 0.29) is 14.9 Å². The lowest BCUT2D eigenvalue weighted by Gasteiger charge is -2.31. The van der Waals surface area contributed by atoms with Gasteiger partial charge in [-0.3, -0.25) is 0 Å². The van der Waals surface area contributed by atoms with Crippen molar-refractivity contribution in [2.45, 2.75) is 31.1 Å². The molecule has 112 valence electrons. The molecule has 0 radical (unpaired) electrons. The molecule has 1 atom stereocenters. The highest BCUT2D eigenvalue weighted by Crippen LogP contribution is 2.35. The Hall–Kier alpha value is -0.490. The van der Waals surface area contributed by atoms with Gasteiger partial charge < -0.3 is 5.73 Å². The number of anilines is 1. The molecule has 1 aromatic carbocycles. The van der Waals surface area contributed by atoms with Crippen molar-refractivity contribution in [2.24, 2.45) is 5.92 Å². The smallest absolute Gasteiger partial charge is 0.246 e. The van der Waals surface area contributed by atoms with Crippen LogP contribution in [0.4, 0.5) is 5.69 Å². The average molecular weight is 337 g/mol. The summed E-state index contributed by atoms with van der Waals surface area (Å²) < 4.78 is 26.9. The van der Waals surface area contributed by atoms with Crippen LogP contribution in [0.15, 0.2) is 17.0 Å². The normalized spacial score (nSPS) is 21.1. The number of nitrogens with zero attached hydrogens (tertiary/aromatic N) is 1. The molecule has 0 spiro atoms. The molecule has 2 rings (SSSR count). The molecule has 4 nitrogen and oxygen atoms in total. The van der Waals surface area contributed by atoms with Crippen molar-refractivity contribution in [3.8, 4) is 0 Å². The maximum atomic E-state index is 12.7. The minimum Gasteiger partial charge on any atom is -0.399 e. The van der Waals surface area contributed by atoms with Gasteiger partial charge in [-0.05, 0) is 30.9 Å². The van der Waals surface area contributed by atoms with E-state index in [9.17, 15) is 8.42 Å². The summed E-state index contributed by atoms with van der Waals surface area (Å²) >= 11 is 12.1. The largest absolute Gasteiger partial charge is 0.399 e. The second-order valence-electron chi connectivity index (χ2n) is 5.09. The second kappa shape index (κ2) is 6.10. The molecule has 1 fully saturated rings. The number of halogens is 2. The summed E-state index contributed by atoms with van der Waals surface area (Å²) in [5.41, 5.74) is 5.97. The minimum atomic E-state index is -3.67. The molecule has 7 heteroatoms. The standard InChI is InChI=1S/C13H18Cl2N2O2S/c1-2-9-4-3-5-17(8-9)20(18,19)13-11(14)6-10(16)7-12(13)15/h6-7,9H,2-5,8,16H2,1H3. The third-order valence-electron chi connectivity index (χ3n) is 3.68. The molecule has 1 saturated heterocycles. The van der Waals surface area contributed by atoms with E-state index in [1.54, 1.807) is 0 Å². The zero-order valence-corrected chi connectivity index (χ0v) is 13.6. The minimum absolute atomic E-state index is 0.0354. The van der Waals surface area contributed by atoms with Gasteiger partial charge in [0, 0.05) is 18.8 Å². The molecule has 0 amide bonds. The first-order valence-corrected chi connectivity index (χ1v) is 8.80. The van der Waals surface area contributed by atoms with E-state index < -0.39 is 10.0 Å². The van der Waals surface area contributed by atoms with Crippen molar-refractivity contribution < 1.29 is 8.42 Å². The van der Waals surface area contributed by atoms with Gasteiger partial charge in [-0.2, -0.15) is 4.31 Å². The Morgan fingerprint density at radius 1 is 1.35 bits per heavy atom. The molecular weight excluding hydrogens is 319 g/mol. The Labute approximate surface area is 129 Å². The van der Waals surface area contributed by atoms with Gasteiger partial charge in [-0.25, -0.2) is 8.42 Å². The third kappa shape index (κ3) is 3.06. The maximum Gasteiger partial charge on any atom is 0.246 e. The van der Waals surface area contributed by atoms with Crippen molar-refractivity contribution in [3.63, 3.8) is 0 Å². The van der Waals surface area contributed by atoms with Crippen LogP contribution >= 0.6 is 23.2 Å². The van der Waals surface area contributed by atoms with Crippen molar-refractivity contribution >= 4 is 38.9 Å². The van der Waals surface area contributed by atoms with E-state index in [4.69, 9.17) is 28.9 Å². The van der Waals surface area contributed by atoms with Gasteiger partial charge in [0.05, 0.1) is 10.0 Å². The van der Waals surface area contributed by atoms with Crippen LogP contribution < -0.4 is 5.73 Å². The lowest BCUT2D eigenvalue weighted by Crippen LogP contribution is -2.39. The van der Waals surface area contributed by atoms with E-state index >= 15 is 0 Å².